The fourth-order valence-electron chi connectivity index (χ4n) is 9.50. The van der Waals surface area contributed by atoms with E-state index in [2.05, 4.69) is 244 Å². The molecule has 1 nitrogen and oxygen atoms in total. The summed E-state index contributed by atoms with van der Waals surface area (Å²) in [7, 11) is 0. The maximum absolute atomic E-state index is 2.48. The van der Waals surface area contributed by atoms with Crippen molar-refractivity contribution < 1.29 is 0 Å². The van der Waals surface area contributed by atoms with Crippen molar-refractivity contribution in [3.8, 4) is 33.4 Å². The number of nitrogens with zero attached hydrogens (tertiary/aromatic N) is 1. The van der Waals surface area contributed by atoms with Crippen LogP contribution in [0.4, 0.5) is 17.1 Å². The summed E-state index contributed by atoms with van der Waals surface area (Å²) in [5.74, 6) is 0. The number of rotatable bonds is 8. The van der Waals surface area contributed by atoms with Gasteiger partial charge in [-0.05, 0) is 110 Å². The van der Waals surface area contributed by atoms with Crippen molar-refractivity contribution in [2.24, 2.45) is 0 Å². The standard InChI is InChI=1S/C57H45N/c1-56(2)52-29-16-15-28-50(52)51-39-48(35-36-53(51)56)58(47-33-31-46(32-34-47)57(3,44-23-9-5-10-24-44)45-25-11-6-12-26-45)54-37-30-41-20-13-14-27-49(41)55(54)43-22-17-21-42(38-43)40-18-7-4-8-19-40/h4-39H,1-3H3. The molecule has 278 valence electrons. The SMILES string of the molecule is CC1(C)c2ccccc2-c2cc(N(c3ccc(C(C)(c4ccccc4)c4ccccc4)cc3)c3ccc4ccccc4c3-c3cccc(-c4ccccc4)c3)ccc21. The van der Waals surface area contributed by atoms with E-state index in [-0.39, 0.29) is 10.8 Å². The van der Waals surface area contributed by atoms with E-state index in [9.17, 15) is 0 Å². The molecule has 0 atom stereocenters. The van der Waals surface area contributed by atoms with E-state index in [1.165, 1.54) is 72.0 Å². The highest BCUT2D eigenvalue weighted by molar-refractivity contribution is 6.06. The number of hydrogen-bond acceptors (Lipinski definition) is 1. The number of benzene rings is 9. The molecule has 0 unspecified atom stereocenters. The molecular weight excluding hydrogens is 699 g/mol. The molecule has 0 heterocycles. The fraction of sp³-hybridized carbons (Fsp3) is 0.0877. The lowest BCUT2D eigenvalue weighted by molar-refractivity contribution is 0.660. The molecule has 1 aliphatic rings. The first kappa shape index (κ1) is 35.5. The Morgan fingerprint density at radius 3 is 1.67 bits per heavy atom. The first-order chi connectivity index (χ1) is 28.4. The molecule has 1 heteroatoms. The van der Waals surface area contributed by atoms with Crippen molar-refractivity contribution in [1.82, 2.24) is 0 Å². The molecule has 1 aliphatic carbocycles. The lowest BCUT2D eigenvalue weighted by atomic mass is 9.71. The van der Waals surface area contributed by atoms with Crippen molar-refractivity contribution in [1.29, 1.82) is 0 Å². The molecule has 0 spiro atoms. The summed E-state index contributed by atoms with van der Waals surface area (Å²) in [5.41, 5.74) is 16.9. The Hall–Kier alpha value is -6.96. The number of fused-ring (bicyclic) bond motifs is 4. The van der Waals surface area contributed by atoms with Crippen LogP contribution in [-0.4, -0.2) is 0 Å². The van der Waals surface area contributed by atoms with Gasteiger partial charge in [-0.3, -0.25) is 0 Å². The second-order valence-corrected chi connectivity index (χ2v) is 16.3. The van der Waals surface area contributed by atoms with Crippen LogP contribution in [0, 0.1) is 0 Å². The van der Waals surface area contributed by atoms with Gasteiger partial charge in [0.05, 0.1) is 5.69 Å². The van der Waals surface area contributed by atoms with Gasteiger partial charge >= 0.3 is 0 Å². The molecule has 0 bridgehead atoms. The van der Waals surface area contributed by atoms with Crippen LogP contribution in [0.5, 0.6) is 0 Å². The summed E-state index contributed by atoms with van der Waals surface area (Å²) in [5, 5.41) is 2.44. The smallest absolute Gasteiger partial charge is 0.0546 e. The van der Waals surface area contributed by atoms with E-state index in [4.69, 9.17) is 0 Å². The third kappa shape index (κ3) is 5.85. The lowest BCUT2D eigenvalue weighted by Crippen LogP contribution is -2.25. The van der Waals surface area contributed by atoms with E-state index < -0.39 is 0 Å². The van der Waals surface area contributed by atoms with Gasteiger partial charge in [0.15, 0.2) is 0 Å². The highest BCUT2D eigenvalue weighted by atomic mass is 15.1. The van der Waals surface area contributed by atoms with Crippen LogP contribution in [0.15, 0.2) is 218 Å². The van der Waals surface area contributed by atoms with Crippen molar-refractivity contribution in [3.05, 3.63) is 246 Å². The van der Waals surface area contributed by atoms with Gasteiger partial charge in [-0.25, -0.2) is 0 Å². The average Bonchev–Trinajstić information content (AvgIpc) is 3.52. The quantitative estimate of drug-likeness (QED) is 0.140. The molecule has 0 saturated carbocycles. The van der Waals surface area contributed by atoms with Gasteiger partial charge in [0.25, 0.3) is 0 Å². The molecule has 0 fully saturated rings. The summed E-state index contributed by atoms with van der Waals surface area (Å²) >= 11 is 0. The predicted molar refractivity (Wildman–Crippen MR) is 246 cm³/mol. The molecule has 58 heavy (non-hydrogen) atoms. The summed E-state index contributed by atoms with van der Waals surface area (Å²) in [6.07, 6.45) is 0. The fourth-order valence-corrected chi connectivity index (χ4v) is 9.50. The first-order valence-electron chi connectivity index (χ1n) is 20.3. The Kier molecular flexibility index (Phi) is 8.68. The van der Waals surface area contributed by atoms with Gasteiger partial charge in [0.1, 0.15) is 0 Å². The molecule has 0 radical (unpaired) electrons. The van der Waals surface area contributed by atoms with Crippen LogP contribution < -0.4 is 4.90 Å². The van der Waals surface area contributed by atoms with Crippen LogP contribution in [0.25, 0.3) is 44.2 Å². The molecule has 9 aromatic carbocycles. The third-order valence-corrected chi connectivity index (χ3v) is 12.6. The Labute approximate surface area is 342 Å². The second-order valence-electron chi connectivity index (χ2n) is 16.3. The third-order valence-electron chi connectivity index (χ3n) is 12.6. The molecule has 0 saturated heterocycles. The molecule has 0 N–H and O–H groups in total. The lowest BCUT2D eigenvalue weighted by Gasteiger charge is -2.33. The van der Waals surface area contributed by atoms with Crippen LogP contribution in [0.2, 0.25) is 0 Å². The van der Waals surface area contributed by atoms with Crippen LogP contribution in [-0.2, 0) is 10.8 Å². The van der Waals surface area contributed by atoms with Gasteiger partial charge < -0.3 is 4.90 Å². The summed E-state index contributed by atoms with van der Waals surface area (Å²) < 4.78 is 0. The molecular formula is C57H45N. The van der Waals surface area contributed by atoms with E-state index >= 15 is 0 Å². The van der Waals surface area contributed by atoms with Crippen molar-refractivity contribution in [3.63, 3.8) is 0 Å². The molecule has 0 aliphatic heterocycles. The Morgan fingerprint density at radius 2 is 0.948 bits per heavy atom. The summed E-state index contributed by atoms with van der Waals surface area (Å²) in [6, 6.07) is 80.3. The Balaban J connectivity index is 1.21. The van der Waals surface area contributed by atoms with Gasteiger partial charge in [0, 0.05) is 27.8 Å². The van der Waals surface area contributed by atoms with Gasteiger partial charge in [-0.1, -0.05) is 196 Å². The summed E-state index contributed by atoms with van der Waals surface area (Å²) in [4.78, 5) is 2.48. The number of anilines is 3. The Morgan fingerprint density at radius 1 is 0.397 bits per heavy atom. The minimum Gasteiger partial charge on any atom is -0.310 e. The maximum atomic E-state index is 2.48. The highest BCUT2D eigenvalue weighted by Crippen LogP contribution is 2.52. The van der Waals surface area contributed by atoms with E-state index in [0.717, 1.165) is 17.1 Å². The van der Waals surface area contributed by atoms with Crippen molar-refractivity contribution in [2.75, 3.05) is 4.90 Å². The summed E-state index contributed by atoms with van der Waals surface area (Å²) in [6.45, 7) is 7.06. The van der Waals surface area contributed by atoms with E-state index in [1.54, 1.807) is 0 Å². The molecule has 0 aromatic heterocycles. The monoisotopic (exact) mass is 743 g/mol. The van der Waals surface area contributed by atoms with E-state index in [1.807, 2.05) is 0 Å². The van der Waals surface area contributed by atoms with Crippen molar-refractivity contribution in [2.45, 2.75) is 31.6 Å². The van der Waals surface area contributed by atoms with Gasteiger partial charge in [-0.2, -0.15) is 0 Å². The topological polar surface area (TPSA) is 3.24 Å². The van der Waals surface area contributed by atoms with Crippen molar-refractivity contribution >= 4 is 27.8 Å². The zero-order chi connectivity index (χ0) is 39.3. The maximum Gasteiger partial charge on any atom is 0.0546 e. The Bertz CT molecular complexity index is 2870. The first-order valence-corrected chi connectivity index (χ1v) is 20.3. The zero-order valence-electron chi connectivity index (χ0n) is 33.2. The van der Waals surface area contributed by atoms with Crippen LogP contribution in [0.3, 0.4) is 0 Å². The molecule has 9 aromatic rings. The minimum atomic E-state index is -0.346. The van der Waals surface area contributed by atoms with Gasteiger partial charge in [0.2, 0.25) is 0 Å². The van der Waals surface area contributed by atoms with Gasteiger partial charge in [-0.15, -0.1) is 0 Å². The normalized spacial score (nSPS) is 12.9. The largest absolute Gasteiger partial charge is 0.310 e. The highest BCUT2D eigenvalue weighted by Gasteiger charge is 2.36. The molecule has 10 rings (SSSR count). The zero-order valence-corrected chi connectivity index (χ0v) is 33.2. The minimum absolute atomic E-state index is 0.0811. The average molecular weight is 744 g/mol. The number of hydrogen-bond donors (Lipinski definition) is 0. The molecule has 0 amide bonds. The van der Waals surface area contributed by atoms with Crippen LogP contribution >= 0.6 is 0 Å². The van der Waals surface area contributed by atoms with E-state index in [0.29, 0.717) is 0 Å². The predicted octanol–water partition coefficient (Wildman–Crippen LogP) is 15.3. The van der Waals surface area contributed by atoms with Crippen LogP contribution in [0.1, 0.15) is 48.6 Å². The second kappa shape index (κ2) is 14.2.